The third-order valence-corrected chi connectivity index (χ3v) is 1.69. The second-order valence-electron chi connectivity index (χ2n) is 3.33. The molecule has 0 amide bonds. The summed E-state index contributed by atoms with van der Waals surface area (Å²) in [5, 5.41) is 0. The average Bonchev–Trinajstić information content (AvgIpc) is 2.32. The van der Waals surface area contributed by atoms with E-state index < -0.39 is 0 Å². The van der Waals surface area contributed by atoms with E-state index in [0.29, 0.717) is 12.1 Å². The van der Waals surface area contributed by atoms with E-state index >= 15 is 0 Å². The van der Waals surface area contributed by atoms with Crippen molar-refractivity contribution < 1.29 is 4.68 Å². The maximum Gasteiger partial charge on any atom is 0.307 e. The number of hydrogen-bond acceptors (Lipinski definition) is 1. The molecule has 0 N–H and O–H groups in total. The summed E-state index contributed by atoms with van der Waals surface area (Å²) in [7, 11) is 0. The minimum atomic E-state index is 0.486. The molecular formula is C8H16N3+. The predicted molar refractivity (Wildman–Crippen MR) is 43.2 cm³/mol. The number of nitrogens with zero attached hydrogens (tertiary/aromatic N) is 3. The third kappa shape index (κ3) is 1.59. The fourth-order valence-electron chi connectivity index (χ4n) is 1.09. The summed E-state index contributed by atoms with van der Waals surface area (Å²) < 4.78 is 4.26. The van der Waals surface area contributed by atoms with Crippen molar-refractivity contribution in [1.82, 2.24) is 9.67 Å². The minimum Gasteiger partial charge on any atom is -0.178 e. The van der Waals surface area contributed by atoms with Gasteiger partial charge in [0.05, 0.1) is 6.04 Å². The fraction of sp³-hybridized carbons (Fsp3) is 0.750. The molecule has 0 fully saturated rings. The van der Waals surface area contributed by atoms with Crippen LogP contribution in [0, 0.1) is 0 Å². The fourth-order valence-corrected chi connectivity index (χ4v) is 1.09. The van der Waals surface area contributed by atoms with Gasteiger partial charge in [0, 0.05) is 0 Å². The van der Waals surface area contributed by atoms with E-state index in [-0.39, 0.29) is 0 Å². The van der Waals surface area contributed by atoms with Crippen molar-refractivity contribution >= 4 is 0 Å². The summed E-state index contributed by atoms with van der Waals surface area (Å²) >= 11 is 0. The first-order valence-electron chi connectivity index (χ1n) is 4.06. The molecule has 1 aromatic rings. The van der Waals surface area contributed by atoms with Gasteiger partial charge in [-0.05, 0) is 32.7 Å². The van der Waals surface area contributed by atoms with Crippen molar-refractivity contribution in [1.29, 1.82) is 0 Å². The van der Waals surface area contributed by atoms with E-state index in [1.54, 1.807) is 0 Å². The summed E-state index contributed by atoms with van der Waals surface area (Å²) in [6, 6.07) is 0.972. The van der Waals surface area contributed by atoms with Crippen LogP contribution in [0.3, 0.4) is 0 Å². The van der Waals surface area contributed by atoms with Crippen LogP contribution < -0.4 is 4.68 Å². The van der Waals surface area contributed by atoms with Crippen LogP contribution in [0.1, 0.15) is 39.8 Å². The molecule has 0 atom stereocenters. The van der Waals surface area contributed by atoms with Crippen LogP contribution in [0.5, 0.6) is 0 Å². The van der Waals surface area contributed by atoms with Crippen LogP contribution in [0.2, 0.25) is 0 Å². The molecule has 0 saturated heterocycles. The molecular weight excluding hydrogens is 138 g/mol. The maximum atomic E-state index is 4.09. The van der Waals surface area contributed by atoms with Crippen molar-refractivity contribution in [3.05, 3.63) is 12.7 Å². The highest BCUT2D eigenvalue weighted by atomic mass is 15.4. The Morgan fingerprint density at radius 2 is 1.91 bits per heavy atom. The largest absolute Gasteiger partial charge is 0.307 e. The van der Waals surface area contributed by atoms with E-state index in [1.165, 1.54) is 0 Å². The minimum absolute atomic E-state index is 0.486. The molecule has 62 valence electrons. The maximum absolute atomic E-state index is 4.09. The summed E-state index contributed by atoms with van der Waals surface area (Å²) in [6.07, 6.45) is 3.73. The highest BCUT2D eigenvalue weighted by molar-refractivity contribution is 4.53. The van der Waals surface area contributed by atoms with E-state index in [1.807, 2.05) is 12.7 Å². The van der Waals surface area contributed by atoms with E-state index in [9.17, 15) is 0 Å². The molecule has 0 aliphatic heterocycles. The Hall–Kier alpha value is -0.860. The van der Waals surface area contributed by atoms with Crippen LogP contribution in [0.15, 0.2) is 12.7 Å². The second kappa shape index (κ2) is 3.03. The Labute approximate surface area is 67.7 Å². The van der Waals surface area contributed by atoms with Gasteiger partial charge >= 0.3 is 6.33 Å². The van der Waals surface area contributed by atoms with Gasteiger partial charge in [0.2, 0.25) is 6.33 Å². The van der Waals surface area contributed by atoms with Gasteiger partial charge in [0.15, 0.2) is 0 Å². The smallest absolute Gasteiger partial charge is 0.178 e. The zero-order chi connectivity index (χ0) is 8.43. The third-order valence-electron chi connectivity index (χ3n) is 1.69. The second-order valence-corrected chi connectivity index (χ2v) is 3.33. The van der Waals surface area contributed by atoms with Crippen molar-refractivity contribution in [3.63, 3.8) is 0 Å². The van der Waals surface area contributed by atoms with Gasteiger partial charge in [0.25, 0.3) is 0 Å². The van der Waals surface area contributed by atoms with Crippen LogP contribution in [-0.4, -0.2) is 9.67 Å². The molecule has 0 aliphatic carbocycles. The summed E-state index contributed by atoms with van der Waals surface area (Å²) in [4.78, 5) is 4.09. The highest BCUT2D eigenvalue weighted by Crippen LogP contribution is 1.99. The molecule has 1 heterocycles. The molecule has 0 aliphatic rings. The van der Waals surface area contributed by atoms with Crippen molar-refractivity contribution in [2.75, 3.05) is 0 Å². The lowest BCUT2D eigenvalue weighted by atomic mass is 10.4. The van der Waals surface area contributed by atoms with Crippen LogP contribution >= 0.6 is 0 Å². The van der Waals surface area contributed by atoms with Gasteiger partial charge in [-0.3, -0.25) is 0 Å². The molecule has 0 bridgehead atoms. The molecule has 1 aromatic heterocycles. The van der Waals surface area contributed by atoms with Gasteiger partial charge in [0.1, 0.15) is 6.04 Å². The van der Waals surface area contributed by atoms with Crippen LogP contribution in [0.25, 0.3) is 0 Å². The summed E-state index contributed by atoms with van der Waals surface area (Å²) in [5.41, 5.74) is 0. The number of aromatic nitrogens is 3. The Balaban J connectivity index is 2.96. The van der Waals surface area contributed by atoms with E-state index in [0.717, 1.165) is 0 Å². The Morgan fingerprint density at radius 3 is 2.27 bits per heavy atom. The van der Waals surface area contributed by atoms with Crippen molar-refractivity contribution in [2.45, 2.75) is 39.8 Å². The first-order valence-corrected chi connectivity index (χ1v) is 4.06. The Kier molecular flexibility index (Phi) is 2.27. The molecule has 3 heteroatoms. The zero-order valence-corrected chi connectivity index (χ0v) is 7.65. The van der Waals surface area contributed by atoms with Crippen LogP contribution in [0.4, 0.5) is 0 Å². The zero-order valence-electron chi connectivity index (χ0n) is 7.65. The van der Waals surface area contributed by atoms with Crippen molar-refractivity contribution in [2.24, 2.45) is 0 Å². The first kappa shape index (κ1) is 8.24. The highest BCUT2D eigenvalue weighted by Gasteiger charge is 2.12. The normalized spacial score (nSPS) is 11.5. The quantitative estimate of drug-likeness (QED) is 0.589. The summed E-state index contributed by atoms with van der Waals surface area (Å²) in [5.74, 6) is 0. The van der Waals surface area contributed by atoms with Gasteiger partial charge in [-0.25, -0.2) is 0 Å². The van der Waals surface area contributed by atoms with E-state index in [4.69, 9.17) is 0 Å². The number of rotatable bonds is 2. The summed E-state index contributed by atoms with van der Waals surface area (Å²) in [6.45, 7) is 8.61. The Morgan fingerprint density at radius 1 is 1.27 bits per heavy atom. The molecule has 1 rings (SSSR count). The molecule has 0 spiro atoms. The van der Waals surface area contributed by atoms with Gasteiger partial charge in [-0.15, -0.1) is 0 Å². The predicted octanol–water partition coefficient (Wildman–Crippen LogP) is 1.33. The Bertz CT molecular complexity index is 202. The monoisotopic (exact) mass is 154 g/mol. The van der Waals surface area contributed by atoms with Crippen LogP contribution in [-0.2, 0) is 0 Å². The van der Waals surface area contributed by atoms with Crippen molar-refractivity contribution in [3.8, 4) is 0 Å². The first-order chi connectivity index (χ1) is 5.13. The number of hydrogen-bond donors (Lipinski definition) is 0. The topological polar surface area (TPSA) is 21.7 Å². The molecule has 3 nitrogen and oxygen atoms in total. The van der Waals surface area contributed by atoms with Gasteiger partial charge in [-0.2, -0.15) is 9.36 Å². The molecule has 0 saturated carbocycles. The molecule has 0 radical (unpaired) electrons. The molecule has 11 heavy (non-hydrogen) atoms. The molecule has 0 unspecified atom stereocenters. The lowest BCUT2D eigenvalue weighted by Gasteiger charge is -2.09. The molecule has 0 aromatic carbocycles. The average molecular weight is 154 g/mol. The van der Waals surface area contributed by atoms with Gasteiger partial charge in [-0.1, -0.05) is 0 Å². The van der Waals surface area contributed by atoms with Gasteiger partial charge < -0.3 is 0 Å². The van der Waals surface area contributed by atoms with E-state index in [2.05, 4.69) is 42.0 Å². The lowest BCUT2D eigenvalue weighted by Crippen LogP contribution is -2.45. The standard InChI is InChI=1S/C8H16N3/c1-7(2)10-5-9-6-11(10)8(3)4/h5-8H,1-4H3/q+1. The SMILES string of the molecule is CC(C)n1cnc[n+]1C(C)C. The lowest BCUT2D eigenvalue weighted by molar-refractivity contribution is -0.795.